The minimum absolute atomic E-state index is 0.0140. The van der Waals surface area contributed by atoms with Gasteiger partial charge in [0.25, 0.3) is 5.56 Å². The second-order valence-corrected chi connectivity index (χ2v) is 10.9. The zero-order chi connectivity index (χ0) is 26.4. The fourth-order valence-electron chi connectivity index (χ4n) is 5.65. The average Bonchev–Trinajstić information content (AvgIpc) is 3.24. The molecule has 2 unspecified atom stereocenters. The summed E-state index contributed by atoms with van der Waals surface area (Å²) in [5, 5.41) is 23.6. The Morgan fingerprint density at radius 3 is 2.84 bits per heavy atom. The third kappa shape index (κ3) is 3.16. The Morgan fingerprint density at radius 1 is 1.38 bits per heavy atom. The van der Waals surface area contributed by atoms with E-state index < -0.39 is 52.7 Å². The van der Waals surface area contributed by atoms with E-state index in [0.717, 1.165) is 0 Å². The molecule has 0 saturated heterocycles. The number of carbonyl (C=O) groups excluding carboxylic acids is 2. The summed E-state index contributed by atoms with van der Waals surface area (Å²) in [4.78, 5) is 43.1. The van der Waals surface area contributed by atoms with Gasteiger partial charge in [0.1, 0.15) is 30.8 Å². The fraction of sp³-hybridized carbons (Fsp3) is 0.360. The number of aromatic nitrogens is 2. The molecule has 6 rings (SSSR count). The lowest BCUT2D eigenvalue weighted by Gasteiger charge is -2.31. The maximum absolute atomic E-state index is 14.9. The lowest BCUT2D eigenvalue weighted by atomic mass is 9.86. The third-order valence-electron chi connectivity index (χ3n) is 7.53. The molecular weight excluding hydrogens is 505 g/mol. The predicted molar refractivity (Wildman–Crippen MR) is 128 cm³/mol. The number of ether oxygens (including phenoxy) is 1. The maximum atomic E-state index is 14.9. The Balaban J connectivity index is 1.68. The predicted octanol–water partition coefficient (Wildman–Crippen LogP) is 0.798. The highest BCUT2D eigenvalue weighted by Crippen LogP contribution is 2.46. The number of fused-ring (bicyclic) bond motifs is 5. The van der Waals surface area contributed by atoms with E-state index in [1.807, 2.05) is 0 Å². The molecule has 1 amide bonds. The van der Waals surface area contributed by atoms with E-state index in [9.17, 15) is 33.5 Å². The number of halogens is 1. The van der Waals surface area contributed by atoms with E-state index in [4.69, 9.17) is 4.74 Å². The van der Waals surface area contributed by atoms with Crippen LogP contribution >= 0.6 is 0 Å². The van der Waals surface area contributed by atoms with Crippen LogP contribution in [0.5, 0.6) is 0 Å². The highest BCUT2D eigenvalue weighted by molar-refractivity contribution is 7.91. The molecule has 0 saturated carbocycles. The van der Waals surface area contributed by atoms with Crippen molar-refractivity contribution in [2.75, 3.05) is 12.4 Å². The summed E-state index contributed by atoms with van der Waals surface area (Å²) in [6.45, 7) is 2.14. The van der Waals surface area contributed by atoms with Crippen LogP contribution in [0.4, 0.5) is 4.39 Å². The number of cyclic esters (lactones) is 1. The van der Waals surface area contributed by atoms with Gasteiger partial charge in [-0.25, -0.2) is 14.2 Å². The largest absolute Gasteiger partial charge is 0.611 e. The summed E-state index contributed by atoms with van der Waals surface area (Å²) in [7, 11) is 0. The molecule has 1 aromatic carbocycles. The minimum Gasteiger partial charge on any atom is -0.611 e. The first-order valence-electron chi connectivity index (χ1n) is 11.7. The van der Waals surface area contributed by atoms with Crippen LogP contribution in [0.3, 0.4) is 0 Å². The van der Waals surface area contributed by atoms with E-state index in [0.29, 0.717) is 27.9 Å². The average molecular weight is 528 g/mol. The quantitative estimate of drug-likeness (QED) is 0.261. The molecule has 3 aliphatic rings. The number of hydrogen-bond donors (Lipinski definition) is 3. The van der Waals surface area contributed by atoms with Crippen LogP contribution in [0, 0.1) is 12.7 Å². The number of nitrogens with one attached hydrogen (secondary N) is 1. The van der Waals surface area contributed by atoms with Gasteiger partial charge in [0.15, 0.2) is 10.5 Å². The Hall–Kier alpha value is -3.32. The van der Waals surface area contributed by atoms with E-state index in [2.05, 4.69) is 10.3 Å². The van der Waals surface area contributed by atoms with Gasteiger partial charge in [-0.1, -0.05) is 6.92 Å². The summed E-state index contributed by atoms with van der Waals surface area (Å²) in [6.07, 6.45) is -0.0140. The Labute approximate surface area is 212 Å². The van der Waals surface area contributed by atoms with Crippen LogP contribution < -0.4 is 10.9 Å². The van der Waals surface area contributed by atoms with Gasteiger partial charge in [0.2, 0.25) is 5.91 Å². The Morgan fingerprint density at radius 2 is 2.14 bits per heavy atom. The molecule has 3 atom stereocenters. The van der Waals surface area contributed by atoms with Crippen molar-refractivity contribution >= 4 is 34.0 Å². The summed E-state index contributed by atoms with van der Waals surface area (Å²) in [6, 6.07) is 1.99. The number of hydrogen-bond acceptors (Lipinski definition) is 8. The molecule has 0 fully saturated rings. The van der Waals surface area contributed by atoms with Gasteiger partial charge in [-0.2, -0.15) is 0 Å². The molecule has 5 heterocycles. The lowest BCUT2D eigenvalue weighted by molar-refractivity contribution is -0.172. The Bertz CT molecular complexity index is 1620. The SMILES string of the molecule is CC[C@@]1(O)C(=O)OCc2c1cc1n(c2=O)Cc2c-1nc1cc(F)c(C)c3c1c2C(NC(=O)CO)C[S+]3[O-]. The van der Waals surface area contributed by atoms with Crippen molar-refractivity contribution in [3.63, 3.8) is 0 Å². The molecule has 0 bridgehead atoms. The molecule has 10 nitrogen and oxygen atoms in total. The number of amides is 1. The molecule has 3 N–H and O–H groups in total. The highest BCUT2D eigenvalue weighted by atomic mass is 32.2. The van der Waals surface area contributed by atoms with Crippen LogP contribution in [0.25, 0.3) is 22.3 Å². The fourth-order valence-corrected chi connectivity index (χ4v) is 7.25. The summed E-state index contributed by atoms with van der Waals surface area (Å²) >= 11 is -1.66. The number of nitrogens with zero attached hydrogens (tertiary/aromatic N) is 2. The van der Waals surface area contributed by atoms with Gasteiger partial charge in [0.05, 0.1) is 34.4 Å². The lowest BCUT2D eigenvalue weighted by Crippen LogP contribution is -2.44. The first kappa shape index (κ1) is 24.0. The number of rotatable bonds is 3. The normalized spacial score (nSPS) is 23.4. The molecule has 3 aliphatic heterocycles. The van der Waals surface area contributed by atoms with E-state index >= 15 is 0 Å². The van der Waals surface area contributed by atoms with Crippen LogP contribution in [0.2, 0.25) is 0 Å². The molecule has 0 aliphatic carbocycles. The van der Waals surface area contributed by atoms with Crippen molar-refractivity contribution in [2.45, 2.75) is 50.0 Å². The van der Waals surface area contributed by atoms with Crippen LogP contribution in [-0.4, -0.2) is 48.6 Å². The number of benzene rings is 1. The number of aliphatic hydroxyl groups excluding tert-OH is 1. The van der Waals surface area contributed by atoms with Crippen LogP contribution in [-0.2, 0) is 44.3 Å². The van der Waals surface area contributed by atoms with E-state index in [1.165, 1.54) is 17.6 Å². The van der Waals surface area contributed by atoms with Crippen molar-refractivity contribution in [1.82, 2.24) is 14.9 Å². The van der Waals surface area contributed by atoms with E-state index in [1.54, 1.807) is 13.0 Å². The minimum atomic E-state index is -2.00. The molecule has 192 valence electrons. The van der Waals surface area contributed by atoms with Crippen molar-refractivity contribution < 1.29 is 33.5 Å². The number of esters is 1. The monoisotopic (exact) mass is 527 g/mol. The maximum Gasteiger partial charge on any atom is 0.343 e. The number of carbonyl (C=O) groups is 2. The van der Waals surface area contributed by atoms with E-state index in [-0.39, 0.29) is 52.4 Å². The van der Waals surface area contributed by atoms with Crippen molar-refractivity contribution in [3.8, 4) is 11.4 Å². The topological polar surface area (TPSA) is 154 Å². The number of pyridine rings is 2. The first-order chi connectivity index (χ1) is 17.6. The first-order valence-corrected chi connectivity index (χ1v) is 13.0. The molecule has 3 aromatic rings. The standard InChI is InChI=1S/C25H22FN3O7S/c1-3-25(34)13-4-17-21-11(6-29(17)23(32)12(13)8-36-24(25)33)19-16(27-18(31)7-30)9-37(35)22-10(2)14(26)5-15(28-21)20(19)22/h4-5,16,30,34H,3,6-9H2,1-2H3,(H,27,31)/t16?,25-,37?/m0/s1. The van der Waals surface area contributed by atoms with Crippen molar-refractivity contribution in [2.24, 2.45) is 0 Å². The summed E-state index contributed by atoms with van der Waals surface area (Å²) in [5.74, 6) is -2.15. The Kier molecular flexibility index (Phi) is 5.26. The zero-order valence-electron chi connectivity index (χ0n) is 19.9. The van der Waals surface area contributed by atoms with Gasteiger partial charge in [-0.05, 0) is 30.6 Å². The highest BCUT2D eigenvalue weighted by Gasteiger charge is 2.46. The van der Waals surface area contributed by atoms with Gasteiger partial charge in [0, 0.05) is 28.3 Å². The molecule has 37 heavy (non-hydrogen) atoms. The molecular formula is C25H22FN3O7S. The van der Waals surface area contributed by atoms with Crippen molar-refractivity contribution in [1.29, 1.82) is 0 Å². The molecule has 0 spiro atoms. The second-order valence-electron chi connectivity index (χ2n) is 9.45. The summed E-state index contributed by atoms with van der Waals surface area (Å²) < 4.78 is 34.6. The van der Waals surface area contributed by atoms with Crippen LogP contribution in [0.15, 0.2) is 21.8 Å². The molecule has 0 radical (unpaired) electrons. The zero-order valence-corrected chi connectivity index (χ0v) is 20.7. The number of aliphatic hydroxyl groups is 2. The summed E-state index contributed by atoms with van der Waals surface area (Å²) in [5.41, 5.74) is 0.0649. The van der Waals surface area contributed by atoms with Crippen LogP contribution in [0.1, 0.15) is 47.2 Å². The van der Waals surface area contributed by atoms with Gasteiger partial charge in [-0.3, -0.25) is 9.59 Å². The van der Waals surface area contributed by atoms with Crippen molar-refractivity contribution in [3.05, 3.63) is 56.1 Å². The van der Waals surface area contributed by atoms with Gasteiger partial charge < -0.3 is 29.4 Å². The van der Waals surface area contributed by atoms with Gasteiger partial charge >= 0.3 is 5.97 Å². The molecule has 12 heteroatoms. The molecule has 2 aromatic heterocycles. The third-order valence-corrected chi connectivity index (χ3v) is 9.13. The second kappa shape index (κ2) is 8.09. The smallest absolute Gasteiger partial charge is 0.343 e. The van der Waals surface area contributed by atoms with Gasteiger partial charge in [-0.15, -0.1) is 0 Å².